The molecule has 0 aromatic carbocycles. The minimum absolute atomic E-state index is 0.660. The number of hydrogen-bond acceptors (Lipinski definition) is 4. The third kappa shape index (κ3) is 2.56. The second-order valence-electron chi connectivity index (χ2n) is 6.38. The maximum Gasteiger partial charge on any atom is 0.204 e. The molecule has 2 atom stereocenters. The molecular weight excluding hydrogens is 250 g/mol. The number of imidazole rings is 1. The molecule has 1 aromatic rings. The summed E-state index contributed by atoms with van der Waals surface area (Å²) in [6.07, 6.45) is 7.44. The van der Waals surface area contributed by atoms with E-state index in [4.69, 9.17) is 0 Å². The highest BCUT2D eigenvalue weighted by atomic mass is 15.3. The molecule has 0 radical (unpaired) electrons. The van der Waals surface area contributed by atoms with Crippen LogP contribution >= 0.6 is 0 Å². The molecule has 2 fully saturated rings. The lowest BCUT2D eigenvalue weighted by atomic mass is 9.99. The van der Waals surface area contributed by atoms with Crippen molar-refractivity contribution < 1.29 is 0 Å². The van der Waals surface area contributed by atoms with E-state index in [9.17, 15) is 0 Å². The second-order valence-corrected chi connectivity index (χ2v) is 6.38. The van der Waals surface area contributed by atoms with E-state index in [-0.39, 0.29) is 0 Å². The number of nitrogens with zero attached hydrogens (tertiary/aromatic N) is 4. The van der Waals surface area contributed by atoms with E-state index in [0.29, 0.717) is 6.04 Å². The van der Waals surface area contributed by atoms with Crippen LogP contribution in [-0.4, -0.2) is 53.7 Å². The van der Waals surface area contributed by atoms with Gasteiger partial charge in [-0.05, 0) is 25.8 Å². The smallest absolute Gasteiger partial charge is 0.204 e. The van der Waals surface area contributed by atoms with E-state index >= 15 is 0 Å². The highest BCUT2D eigenvalue weighted by molar-refractivity contribution is 5.30. The van der Waals surface area contributed by atoms with E-state index in [0.717, 1.165) is 18.5 Å². The van der Waals surface area contributed by atoms with Crippen LogP contribution in [0.1, 0.15) is 31.4 Å². The van der Waals surface area contributed by atoms with Gasteiger partial charge >= 0.3 is 0 Å². The standard InChI is InChI=1S/C15H27N5/c1-18(2)15-17-11-12(19(15)3)10-16-13-7-9-20-8-5-4-6-14(13)20/h11,13-14,16H,4-10H2,1-3H3. The summed E-state index contributed by atoms with van der Waals surface area (Å²) in [6.45, 7) is 3.50. The Balaban J connectivity index is 1.59. The van der Waals surface area contributed by atoms with Crippen molar-refractivity contribution in [3.63, 3.8) is 0 Å². The summed E-state index contributed by atoms with van der Waals surface area (Å²) in [4.78, 5) is 9.21. The average Bonchev–Trinajstić information content (AvgIpc) is 3.00. The van der Waals surface area contributed by atoms with Crippen molar-refractivity contribution in [2.24, 2.45) is 7.05 Å². The van der Waals surface area contributed by atoms with Gasteiger partial charge in [0.2, 0.25) is 5.95 Å². The van der Waals surface area contributed by atoms with E-state index in [1.165, 1.54) is 44.5 Å². The molecule has 0 aliphatic carbocycles. The van der Waals surface area contributed by atoms with Crippen LogP contribution in [0.15, 0.2) is 6.20 Å². The molecule has 2 aliphatic rings. The average molecular weight is 277 g/mol. The van der Waals surface area contributed by atoms with Gasteiger partial charge < -0.3 is 14.8 Å². The Morgan fingerprint density at radius 2 is 2.15 bits per heavy atom. The number of piperidine rings is 1. The predicted octanol–water partition coefficient (Wildman–Crippen LogP) is 1.20. The number of anilines is 1. The Morgan fingerprint density at radius 3 is 2.90 bits per heavy atom. The van der Waals surface area contributed by atoms with Crippen LogP contribution < -0.4 is 10.2 Å². The van der Waals surface area contributed by atoms with Crippen molar-refractivity contribution in [2.45, 2.75) is 44.3 Å². The Hall–Kier alpha value is -1.07. The number of nitrogens with one attached hydrogen (secondary N) is 1. The van der Waals surface area contributed by atoms with Crippen LogP contribution in [0.4, 0.5) is 5.95 Å². The number of hydrogen-bond donors (Lipinski definition) is 1. The summed E-state index contributed by atoms with van der Waals surface area (Å²) in [5.41, 5.74) is 1.27. The summed E-state index contributed by atoms with van der Waals surface area (Å²) in [5, 5.41) is 3.77. The number of fused-ring (bicyclic) bond motifs is 1. The fourth-order valence-electron chi connectivity index (χ4n) is 3.73. The predicted molar refractivity (Wildman–Crippen MR) is 82.0 cm³/mol. The minimum atomic E-state index is 0.660. The molecule has 20 heavy (non-hydrogen) atoms. The fraction of sp³-hybridized carbons (Fsp3) is 0.800. The highest BCUT2D eigenvalue weighted by Crippen LogP contribution is 2.27. The summed E-state index contributed by atoms with van der Waals surface area (Å²) < 4.78 is 2.18. The van der Waals surface area contributed by atoms with Crippen LogP contribution in [0.3, 0.4) is 0 Å². The van der Waals surface area contributed by atoms with Gasteiger partial charge in [-0.1, -0.05) is 6.42 Å². The first-order valence-corrected chi connectivity index (χ1v) is 7.82. The molecule has 0 bridgehead atoms. The topological polar surface area (TPSA) is 36.3 Å². The van der Waals surface area contributed by atoms with Crippen molar-refractivity contribution in [2.75, 3.05) is 32.1 Å². The normalized spacial score (nSPS) is 26.8. The fourth-order valence-corrected chi connectivity index (χ4v) is 3.73. The van der Waals surface area contributed by atoms with Gasteiger partial charge in [0.1, 0.15) is 0 Å². The van der Waals surface area contributed by atoms with E-state index in [1.54, 1.807) is 0 Å². The Bertz CT molecular complexity index is 453. The first-order valence-electron chi connectivity index (χ1n) is 7.82. The van der Waals surface area contributed by atoms with Gasteiger partial charge in [0.25, 0.3) is 0 Å². The lowest BCUT2D eigenvalue weighted by Gasteiger charge is -2.32. The molecule has 2 saturated heterocycles. The summed E-state index contributed by atoms with van der Waals surface area (Å²) in [5.74, 6) is 1.02. The zero-order valence-electron chi connectivity index (χ0n) is 13.0. The highest BCUT2D eigenvalue weighted by Gasteiger charge is 2.35. The summed E-state index contributed by atoms with van der Waals surface area (Å²) in [7, 11) is 6.17. The van der Waals surface area contributed by atoms with Crippen molar-refractivity contribution in [1.82, 2.24) is 19.8 Å². The Labute approximate surface area is 122 Å². The van der Waals surface area contributed by atoms with Gasteiger partial charge in [0.05, 0.1) is 11.9 Å². The lowest BCUT2D eigenvalue weighted by molar-refractivity contribution is 0.180. The zero-order valence-corrected chi connectivity index (χ0v) is 13.0. The Morgan fingerprint density at radius 1 is 1.30 bits per heavy atom. The Kier molecular flexibility index (Phi) is 3.98. The maximum atomic E-state index is 4.48. The first kappa shape index (κ1) is 13.9. The largest absolute Gasteiger partial charge is 0.348 e. The van der Waals surface area contributed by atoms with E-state index in [1.807, 2.05) is 20.3 Å². The molecular formula is C15H27N5. The van der Waals surface area contributed by atoms with Gasteiger partial charge in [-0.2, -0.15) is 0 Å². The molecule has 0 amide bonds. The van der Waals surface area contributed by atoms with Gasteiger partial charge in [-0.15, -0.1) is 0 Å². The minimum Gasteiger partial charge on any atom is -0.348 e. The second kappa shape index (κ2) is 5.74. The van der Waals surface area contributed by atoms with Crippen LogP contribution in [-0.2, 0) is 13.6 Å². The molecule has 0 spiro atoms. The molecule has 2 unspecified atom stereocenters. The van der Waals surface area contributed by atoms with Gasteiger partial charge in [0.15, 0.2) is 0 Å². The molecule has 5 nitrogen and oxygen atoms in total. The van der Waals surface area contributed by atoms with Crippen molar-refractivity contribution in [3.8, 4) is 0 Å². The van der Waals surface area contributed by atoms with E-state index in [2.05, 4.69) is 31.7 Å². The molecule has 3 rings (SSSR count). The summed E-state index contributed by atoms with van der Waals surface area (Å²) in [6, 6.07) is 1.43. The molecule has 1 aromatic heterocycles. The van der Waals surface area contributed by atoms with Crippen LogP contribution in [0.25, 0.3) is 0 Å². The zero-order chi connectivity index (χ0) is 14.1. The molecule has 3 heterocycles. The van der Waals surface area contributed by atoms with Crippen molar-refractivity contribution in [3.05, 3.63) is 11.9 Å². The maximum absolute atomic E-state index is 4.48. The van der Waals surface area contributed by atoms with Crippen LogP contribution in [0.2, 0.25) is 0 Å². The molecule has 0 saturated carbocycles. The quantitative estimate of drug-likeness (QED) is 0.897. The van der Waals surface area contributed by atoms with E-state index < -0.39 is 0 Å². The van der Waals surface area contributed by atoms with Gasteiger partial charge in [-0.3, -0.25) is 4.90 Å². The number of aromatic nitrogens is 2. The van der Waals surface area contributed by atoms with Crippen molar-refractivity contribution >= 4 is 5.95 Å². The third-order valence-corrected chi connectivity index (χ3v) is 4.86. The van der Waals surface area contributed by atoms with Crippen LogP contribution in [0.5, 0.6) is 0 Å². The third-order valence-electron chi connectivity index (χ3n) is 4.86. The molecule has 2 aliphatic heterocycles. The monoisotopic (exact) mass is 277 g/mol. The van der Waals surface area contributed by atoms with Crippen molar-refractivity contribution in [1.29, 1.82) is 0 Å². The molecule has 1 N–H and O–H groups in total. The lowest BCUT2D eigenvalue weighted by Crippen LogP contribution is -2.44. The van der Waals surface area contributed by atoms with Crippen LogP contribution in [0, 0.1) is 0 Å². The number of rotatable bonds is 4. The first-order chi connectivity index (χ1) is 9.66. The van der Waals surface area contributed by atoms with Gasteiger partial charge in [0, 0.05) is 46.3 Å². The SMILES string of the molecule is CN(C)c1ncc(CNC2CCN3CCCCC23)n1C. The molecule has 112 valence electrons. The van der Waals surface area contributed by atoms with Gasteiger partial charge in [-0.25, -0.2) is 4.98 Å². The summed E-state index contributed by atoms with van der Waals surface area (Å²) >= 11 is 0. The molecule has 5 heteroatoms.